The maximum atomic E-state index is 13.9. The Morgan fingerprint density at radius 3 is 2.50 bits per heavy atom. The first-order valence-corrected chi connectivity index (χ1v) is 12.2. The second-order valence-electron chi connectivity index (χ2n) is 8.19. The van der Waals surface area contributed by atoms with E-state index in [-0.39, 0.29) is 35.7 Å². The second kappa shape index (κ2) is 9.66. The SMILES string of the molecule is NCc1cc(-c2cccc(CN3C(=O)c4cccc(NC(=O)c5ccc(Cl)s5)c4C3=O)c2)ccc1F. The van der Waals surface area contributed by atoms with Gasteiger partial charge in [-0.05, 0) is 59.2 Å². The van der Waals surface area contributed by atoms with Crippen molar-refractivity contribution in [3.63, 3.8) is 0 Å². The van der Waals surface area contributed by atoms with Gasteiger partial charge in [0.2, 0.25) is 0 Å². The molecule has 3 amide bonds. The summed E-state index contributed by atoms with van der Waals surface area (Å²) in [5.41, 5.74) is 8.98. The van der Waals surface area contributed by atoms with Crippen LogP contribution in [0.2, 0.25) is 4.34 Å². The summed E-state index contributed by atoms with van der Waals surface area (Å²) in [6.07, 6.45) is 0. The normalized spacial score (nSPS) is 12.7. The average Bonchev–Trinajstić information content (AvgIpc) is 3.42. The smallest absolute Gasteiger partial charge is 0.265 e. The number of amides is 3. The zero-order valence-electron chi connectivity index (χ0n) is 18.8. The fourth-order valence-electron chi connectivity index (χ4n) is 4.14. The van der Waals surface area contributed by atoms with Crippen LogP contribution in [0, 0.1) is 5.82 Å². The number of fused-ring (bicyclic) bond motifs is 1. The van der Waals surface area contributed by atoms with Crippen LogP contribution in [0.15, 0.2) is 72.8 Å². The lowest BCUT2D eigenvalue weighted by Crippen LogP contribution is -2.29. The molecule has 6 nitrogen and oxygen atoms in total. The summed E-state index contributed by atoms with van der Waals surface area (Å²) < 4.78 is 14.3. The molecule has 0 spiro atoms. The Balaban J connectivity index is 1.40. The van der Waals surface area contributed by atoms with Crippen LogP contribution < -0.4 is 11.1 Å². The number of thiophene rings is 1. The van der Waals surface area contributed by atoms with Crippen molar-refractivity contribution in [1.82, 2.24) is 4.90 Å². The third kappa shape index (κ3) is 4.42. The van der Waals surface area contributed by atoms with Gasteiger partial charge in [0.05, 0.1) is 32.6 Å². The van der Waals surface area contributed by atoms with Crippen molar-refractivity contribution < 1.29 is 18.8 Å². The molecule has 9 heteroatoms. The van der Waals surface area contributed by atoms with Gasteiger partial charge in [-0.2, -0.15) is 0 Å². The first-order chi connectivity index (χ1) is 17.4. The van der Waals surface area contributed by atoms with Gasteiger partial charge in [-0.3, -0.25) is 19.3 Å². The maximum Gasteiger partial charge on any atom is 0.265 e. The van der Waals surface area contributed by atoms with E-state index < -0.39 is 17.7 Å². The summed E-state index contributed by atoms with van der Waals surface area (Å²) in [4.78, 5) is 40.6. The number of halogens is 2. The van der Waals surface area contributed by atoms with E-state index in [4.69, 9.17) is 17.3 Å². The number of imide groups is 1. The molecule has 0 atom stereocenters. The van der Waals surface area contributed by atoms with Crippen LogP contribution in [-0.4, -0.2) is 22.6 Å². The Bertz CT molecular complexity index is 1530. The number of nitrogens with zero attached hydrogens (tertiary/aromatic N) is 1. The number of benzene rings is 3. The number of nitrogens with two attached hydrogens (primary N) is 1. The molecular weight excluding hydrogens is 501 g/mol. The number of hydrogen-bond acceptors (Lipinski definition) is 5. The summed E-state index contributed by atoms with van der Waals surface area (Å²) in [6.45, 7) is 0.117. The van der Waals surface area contributed by atoms with Crippen LogP contribution >= 0.6 is 22.9 Å². The van der Waals surface area contributed by atoms with E-state index in [2.05, 4.69) is 5.32 Å². The van der Waals surface area contributed by atoms with Gasteiger partial charge in [-0.15, -0.1) is 11.3 Å². The summed E-state index contributed by atoms with van der Waals surface area (Å²) in [5, 5.41) is 2.73. The van der Waals surface area contributed by atoms with Crippen LogP contribution in [0.25, 0.3) is 11.1 Å². The van der Waals surface area contributed by atoms with Crippen LogP contribution in [0.5, 0.6) is 0 Å². The van der Waals surface area contributed by atoms with Crippen molar-refractivity contribution in [3.8, 4) is 11.1 Å². The summed E-state index contributed by atoms with van der Waals surface area (Å²) >= 11 is 7.04. The number of carbonyl (C=O) groups is 3. The van der Waals surface area contributed by atoms with E-state index in [0.717, 1.165) is 32.9 Å². The molecule has 4 aromatic rings. The molecule has 0 aliphatic carbocycles. The van der Waals surface area contributed by atoms with Gasteiger partial charge in [-0.25, -0.2) is 4.39 Å². The number of anilines is 1. The highest BCUT2D eigenvalue weighted by molar-refractivity contribution is 7.18. The van der Waals surface area contributed by atoms with Gasteiger partial charge < -0.3 is 11.1 Å². The monoisotopic (exact) mass is 519 g/mol. The molecule has 2 heterocycles. The predicted octanol–water partition coefficient (Wildman–Crippen LogP) is 5.71. The topological polar surface area (TPSA) is 92.5 Å². The molecule has 3 N–H and O–H groups in total. The third-order valence-corrected chi connectivity index (χ3v) is 7.14. The highest BCUT2D eigenvalue weighted by Crippen LogP contribution is 2.32. The molecule has 5 rings (SSSR count). The second-order valence-corrected chi connectivity index (χ2v) is 9.91. The molecule has 0 saturated heterocycles. The molecule has 1 aromatic heterocycles. The minimum absolute atomic E-state index is 0.0407. The zero-order chi connectivity index (χ0) is 25.4. The van der Waals surface area contributed by atoms with E-state index in [1.54, 1.807) is 42.5 Å². The first kappa shape index (κ1) is 23.9. The van der Waals surface area contributed by atoms with Crippen LogP contribution in [0.3, 0.4) is 0 Å². The van der Waals surface area contributed by atoms with E-state index >= 15 is 0 Å². The molecular formula is C27H19ClFN3O3S. The molecule has 180 valence electrons. The number of nitrogens with one attached hydrogen (secondary N) is 1. The minimum atomic E-state index is -0.493. The lowest BCUT2D eigenvalue weighted by Gasteiger charge is -2.15. The number of carbonyl (C=O) groups excluding carboxylic acids is 3. The van der Waals surface area contributed by atoms with Crippen molar-refractivity contribution in [3.05, 3.63) is 110 Å². The molecule has 0 saturated carbocycles. The van der Waals surface area contributed by atoms with Crippen molar-refractivity contribution in [2.24, 2.45) is 5.73 Å². The highest BCUT2D eigenvalue weighted by atomic mass is 35.5. The number of rotatable bonds is 6. The van der Waals surface area contributed by atoms with Gasteiger partial charge >= 0.3 is 0 Å². The molecule has 0 unspecified atom stereocenters. The summed E-state index contributed by atoms with van der Waals surface area (Å²) in [7, 11) is 0. The van der Waals surface area contributed by atoms with Crippen molar-refractivity contribution >= 4 is 46.3 Å². The molecule has 36 heavy (non-hydrogen) atoms. The summed E-state index contributed by atoms with van der Waals surface area (Å²) in [6, 6.07) is 20.0. The van der Waals surface area contributed by atoms with Gasteiger partial charge in [0.25, 0.3) is 17.7 Å². The van der Waals surface area contributed by atoms with Crippen molar-refractivity contribution in [1.29, 1.82) is 0 Å². The molecule has 0 fully saturated rings. The summed E-state index contributed by atoms with van der Waals surface area (Å²) in [5.74, 6) is -1.72. The van der Waals surface area contributed by atoms with E-state index in [9.17, 15) is 18.8 Å². The molecule has 3 aromatic carbocycles. The Morgan fingerprint density at radius 2 is 1.75 bits per heavy atom. The molecule has 0 radical (unpaired) electrons. The average molecular weight is 520 g/mol. The number of hydrogen-bond donors (Lipinski definition) is 2. The molecule has 1 aliphatic rings. The maximum absolute atomic E-state index is 13.9. The lowest BCUT2D eigenvalue weighted by molar-refractivity contribution is 0.0642. The third-order valence-electron chi connectivity index (χ3n) is 5.91. The Labute approximate surface area is 215 Å². The standard InChI is InChI=1S/C27H19ClFN3O3S/c28-23-10-9-22(36-23)25(33)31-21-6-2-5-19-24(21)27(35)32(26(19)34)14-15-3-1-4-16(11-15)17-7-8-20(29)18(12-17)13-30/h1-12H,13-14,30H2,(H,31,33). The van der Waals surface area contributed by atoms with Crippen molar-refractivity contribution in [2.75, 3.05) is 5.32 Å². The zero-order valence-corrected chi connectivity index (χ0v) is 20.3. The fraction of sp³-hybridized carbons (Fsp3) is 0.0741. The van der Waals surface area contributed by atoms with Crippen molar-refractivity contribution in [2.45, 2.75) is 13.1 Å². The van der Waals surface area contributed by atoms with Crippen LogP contribution in [-0.2, 0) is 13.1 Å². The predicted molar refractivity (Wildman–Crippen MR) is 138 cm³/mol. The largest absolute Gasteiger partial charge is 0.326 e. The van der Waals surface area contributed by atoms with Crippen LogP contribution in [0.1, 0.15) is 41.5 Å². The van der Waals surface area contributed by atoms with Crippen LogP contribution in [0.4, 0.5) is 10.1 Å². The quantitative estimate of drug-likeness (QED) is 0.319. The lowest BCUT2D eigenvalue weighted by atomic mass is 10.0. The molecule has 0 bridgehead atoms. The molecule has 1 aliphatic heterocycles. The van der Waals surface area contributed by atoms with E-state index in [1.165, 1.54) is 6.07 Å². The highest BCUT2D eigenvalue weighted by Gasteiger charge is 2.37. The van der Waals surface area contributed by atoms with E-state index in [0.29, 0.717) is 14.8 Å². The fourth-order valence-corrected chi connectivity index (χ4v) is 5.08. The van der Waals surface area contributed by atoms with Gasteiger partial charge in [0, 0.05) is 12.1 Å². The Morgan fingerprint density at radius 1 is 0.972 bits per heavy atom. The van der Waals surface area contributed by atoms with Gasteiger partial charge in [0.1, 0.15) is 5.82 Å². The van der Waals surface area contributed by atoms with E-state index in [1.807, 2.05) is 24.3 Å². The Kier molecular flexibility index (Phi) is 6.40. The van der Waals surface area contributed by atoms with Gasteiger partial charge in [-0.1, -0.05) is 41.9 Å². The first-order valence-electron chi connectivity index (χ1n) is 11.0. The minimum Gasteiger partial charge on any atom is -0.326 e. The van der Waals surface area contributed by atoms with Gasteiger partial charge in [0.15, 0.2) is 0 Å². The Hall–Kier alpha value is -3.85.